The van der Waals surface area contributed by atoms with Crippen molar-refractivity contribution in [3.63, 3.8) is 0 Å². The van der Waals surface area contributed by atoms with Crippen molar-refractivity contribution < 1.29 is 23.0 Å². The van der Waals surface area contributed by atoms with E-state index in [9.17, 15) is 9.59 Å². The zero-order chi connectivity index (χ0) is 30.4. The summed E-state index contributed by atoms with van der Waals surface area (Å²) in [4.78, 5) is 31.7. The van der Waals surface area contributed by atoms with Crippen LogP contribution in [0.3, 0.4) is 0 Å². The monoisotopic (exact) mass is 616 g/mol. The van der Waals surface area contributed by atoms with E-state index in [0.29, 0.717) is 5.75 Å². The molecule has 0 radical (unpaired) electrons. The second kappa shape index (κ2) is 11.1. The maximum Gasteiger partial charge on any atom is 0.410 e. The highest BCUT2D eigenvalue weighted by molar-refractivity contribution is 6.42. The van der Waals surface area contributed by atoms with Gasteiger partial charge >= 0.3 is 6.09 Å². The number of anilines is 1. The normalized spacial score (nSPS) is 14.4. The number of halogens is 4. The highest BCUT2D eigenvalue weighted by Gasteiger charge is 2.51. The maximum absolute atomic E-state index is 15.3. The molecule has 2 heterocycles. The zero-order valence-corrected chi connectivity index (χ0v) is 24.8. The first-order valence-corrected chi connectivity index (χ1v) is 13.8. The van der Waals surface area contributed by atoms with Gasteiger partial charge in [-0.1, -0.05) is 35.3 Å². The Bertz CT molecular complexity index is 1730. The summed E-state index contributed by atoms with van der Waals surface area (Å²) in [7, 11) is 1.56. The van der Waals surface area contributed by atoms with Gasteiger partial charge < -0.3 is 19.7 Å². The smallest absolute Gasteiger partial charge is 0.410 e. The Morgan fingerprint density at radius 2 is 1.76 bits per heavy atom. The van der Waals surface area contributed by atoms with Gasteiger partial charge in [-0.2, -0.15) is 0 Å². The third-order valence-corrected chi connectivity index (χ3v) is 7.68. The number of methoxy groups -OCH3 is 1. The fourth-order valence-electron chi connectivity index (χ4n) is 4.94. The highest BCUT2D eigenvalue weighted by Crippen LogP contribution is 2.43. The predicted molar refractivity (Wildman–Crippen MR) is 158 cm³/mol. The van der Waals surface area contributed by atoms with Crippen molar-refractivity contribution in [1.82, 2.24) is 14.5 Å². The van der Waals surface area contributed by atoms with Crippen molar-refractivity contribution in [2.24, 2.45) is 0 Å². The Labute approximate surface area is 250 Å². The van der Waals surface area contributed by atoms with Gasteiger partial charge in [-0.15, -0.1) is 0 Å². The number of fused-ring (bicyclic) bond motifs is 1. The van der Waals surface area contributed by atoms with Gasteiger partial charge in [0.05, 0.1) is 48.5 Å². The molecule has 1 fully saturated rings. The highest BCUT2D eigenvalue weighted by atomic mass is 35.5. The van der Waals surface area contributed by atoms with Crippen molar-refractivity contribution >= 4 is 45.9 Å². The van der Waals surface area contributed by atoms with E-state index >= 15 is 8.78 Å². The van der Waals surface area contributed by atoms with E-state index in [1.807, 2.05) is 12.1 Å². The average Bonchev–Trinajstić information content (AvgIpc) is 2.90. The average molecular weight is 617 g/mol. The largest absolute Gasteiger partial charge is 0.497 e. The Morgan fingerprint density at radius 3 is 2.40 bits per heavy atom. The van der Waals surface area contributed by atoms with Gasteiger partial charge in [0.15, 0.2) is 5.82 Å². The van der Waals surface area contributed by atoms with Crippen molar-refractivity contribution in [3.05, 3.63) is 98.0 Å². The van der Waals surface area contributed by atoms with Gasteiger partial charge in [-0.25, -0.2) is 18.6 Å². The number of benzene rings is 3. The SMILES string of the molecule is COc1ccc(Cn2cnc3c(F)cc(NC4(c5c(F)ccc(Cl)c5Cl)CN(C(=O)OC(C)(C)C)C4)cc3c2=O)cc1. The first-order valence-electron chi connectivity index (χ1n) is 13.0. The first-order chi connectivity index (χ1) is 19.8. The molecule has 1 aromatic heterocycles. The molecule has 42 heavy (non-hydrogen) atoms. The number of likely N-dealkylation sites (tertiary alicyclic amines) is 1. The van der Waals surface area contributed by atoms with Gasteiger partial charge in [0, 0.05) is 11.3 Å². The van der Waals surface area contributed by atoms with Crippen LogP contribution >= 0.6 is 23.2 Å². The molecule has 5 rings (SSSR count). The topological polar surface area (TPSA) is 85.7 Å². The molecular weight excluding hydrogens is 589 g/mol. The number of nitrogens with zero attached hydrogens (tertiary/aromatic N) is 3. The molecule has 3 aromatic carbocycles. The number of carbonyl (C=O) groups excluding carboxylic acids is 1. The lowest BCUT2D eigenvalue weighted by molar-refractivity contribution is -0.00535. The number of aromatic nitrogens is 2. The number of ether oxygens (including phenoxy) is 2. The molecule has 0 bridgehead atoms. The van der Waals surface area contributed by atoms with E-state index in [4.69, 9.17) is 32.7 Å². The minimum Gasteiger partial charge on any atom is -0.497 e. The fraction of sp³-hybridized carbons (Fsp3) is 0.300. The summed E-state index contributed by atoms with van der Waals surface area (Å²) >= 11 is 12.7. The summed E-state index contributed by atoms with van der Waals surface area (Å²) in [6.07, 6.45) is 0.687. The molecule has 1 aliphatic rings. The molecule has 1 N–H and O–H groups in total. The van der Waals surface area contributed by atoms with Crippen molar-refractivity contribution in [2.75, 3.05) is 25.5 Å². The van der Waals surface area contributed by atoms with Crippen molar-refractivity contribution in [1.29, 1.82) is 0 Å². The molecule has 0 aliphatic carbocycles. The summed E-state index contributed by atoms with van der Waals surface area (Å²) < 4.78 is 42.6. The van der Waals surface area contributed by atoms with Gasteiger partial charge in [-0.3, -0.25) is 9.36 Å². The molecular formula is C30H28Cl2F2N4O4. The van der Waals surface area contributed by atoms with Crippen LogP contribution in [0.4, 0.5) is 19.3 Å². The van der Waals surface area contributed by atoms with Crippen LogP contribution in [0, 0.1) is 11.6 Å². The summed E-state index contributed by atoms with van der Waals surface area (Å²) in [6, 6.07) is 12.3. The van der Waals surface area contributed by atoms with E-state index < -0.39 is 34.4 Å². The molecule has 0 spiro atoms. The number of rotatable bonds is 6. The Morgan fingerprint density at radius 1 is 1.07 bits per heavy atom. The minimum absolute atomic E-state index is 0.0140. The predicted octanol–water partition coefficient (Wildman–Crippen LogP) is 6.60. The third-order valence-electron chi connectivity index (χ3n) is 6.87. The lowest BCUT2D eigenvalue weighted by atomic mass is 9.81. The van der Waals surface area contributed by atoms with Gasteiger partial charge in [0.25, 0.3) is 5.56 Å². The fourth-order valence-corrected chi connectivity index (χ4v) is 5.43. The lowest BCUT2D eigenvalue weighted by Crippen LogP contribution is -2.66. The standard InChI is InChI=1S/C30H28Cl2F2N4O4/c1-29(2,3)42-28(40)38-14-30(15-38,24-22(33)10-9-21(31)25(24)32)36-18-11-20-26(23(34)12-18)35-16-37(27(20)39)13-17-5-7-19(41-4)8-6-17/h5-12,16,36H,13-15H2,1-4H3. The van der Waals surface area contributed by atoms with E-state index in [0.717, 1.165) is 11.6 Å². The maximum atomic E-state index is 15.3. The van der Waals surface area contributed by atoms with Crippen LogP contribution in [0.2, 0.25) is 10.0 Å². The number of amides is 1. The third kappa shape index (κ3) is 5.73. The van der Waals surface area contributed by atoms with Crippen LogP contribution in [-0.4, -0.2) is 46.3 Å². The van der Waals surface area contributed by atoms with E-state index in [-0.39, 0.29) is 51.8 Å². The summed E-state index contributed by atoms with van der Waals surface area (Å²) in [6.45, 7) is 5.27. The minimum atomic E-state index is -1.30. The van der Waals surface area contributed by atoms with Crippen LogP contribution in [0.1, 0.15) is 31.9 Å². The van der Waals surface area contributed by atoms with Crippen molar-refractivity contribution in [2.45, 2.75) is 38.5 Å². The number of hydrogen-bond acceptors (Lipinski definition) is 6. The number of hydrogen-bond donors (Lipinski definition) is 1. The molecule has 4 aromatic rings. The first kappa shape index (κ1) is 29.6. The second-order valence-electron chi connectivity index (χ2n) is 11.1. The van der Waals surface area contributed by atoms with Crippen molar-refractivity contribution in [3.8, 4) is 5.75 Å². The molecule has 0 atom stereocenters. The van der Waals surface area contributed by atoms with Crippen LogP contribution in [-0.2, 0) is 16.8 Å². The Balaban J connectivity index is 1.53. The number of nitrogens with one attached hydrogen (secondary N) is 1. The Kier molecular flexibility index (Phi) is 7.80. The van der Waals surface area contributed by atoms with E-state index in [2.05, 4.69) is 10.3 Å². The summed E-state index contributed by atoms with van der Waals surface area (Å²) in [5, 5.41) is 3.23. The lowest BCUT2D eigenvalue weighted by Gasteiger charge is -2.51. The Hall–Kier alpha value is -3.89. The van der Waals surface area contributed by atoms with E-state index in [1.54, 1.807) is 40.0 Å². The van der Waals surface area contributed by atoms with Crippen LogP contribution in [0.5, 0.6) is 5.75 Å². The molecule has 12 heteroatoms. The van der Waals surface area contributed by atoms with E-state index in [1.165, 1.54) is 34.0 Å². The van der Waals surface area contributed by atoms with Crippen LogP contribution in [0.25, 0.3) is 10.9 Å². The molecule has 220 valence electrons. The molecule has 1 amide bonds. The number of carbonyl (C=O) groups is 1. The van der Waals surface area contributed by atoms with Gasteiger partial charge in [0.2, 0.25) is 0 Å². The summed E-state index contributed by atoms with van der Waals surface area (Å²) in [5.74, 6) is -0.739. The van der Waals surface area contributed by atoms with Crippen LogP contribution in [0.15, 0.2) is 59.7 Å². The van der Waals surface area contributed by atoms with Gasteiger partial charge in [0.1, 0.15) is 28.2 Å². The second-order valence-corrected chi connectivity index (χ2v) is 11.9. The van der Waals surface area contributed by atoms with Gasteiger partial charge in [-0.05, 0) is 62.7 Å². The molecule has 0 saturated carbocycles. The molecule has 1 aliphatic heterocycles. The molecule has 0 unspecified atom stereocenters. The molecule has 1 saturated heterocycles. The summed E-state index contributed by atoms with van der Waals surface area (Å²) in [5.41, 5.74) is -1.63. The van der Waals surface area contributed by atoms with Crippen LogP contribution < -0.4 is 15.6 Å². The zero-order valence-electron chi connectivity index (χ0n) is 23.3. The molecule has 8 nitrogen and oxygen atoms in total. The quantitative estimate of drug-likeness (QED) is 0.246.